The molecule has 6 aliphatic rings. The predicted octanol–water partition coefficient (Wildman–Crippen LogP) is 0.946. The van der Waals surface area contributed by atoms with Gasteiger partial charge in [-0.05, 0) is 42.6 Å². The van der Waals surface area contributed by atoms with Crippen LogP contribution in [0.4, 0.5) is 0 Å². The van der Waals surface area contributed by atoms with Crippen LogP contribution in [0.25, 0.3) is 0 Å². The van der Waals surface area contributed by atoms with Crippen LogP contribution in [0.15, 0.2) is 12.2 Å². The first-order chi connectivity index (χ1) is 13.4. The summed E-state index contributed by atoms with van der Waals surface area (Å²) in [5, 5.41) is 34.6. The standard InChI is InChI=1S/C22H30O7/c1-10-12-7-13(29-11(2)23)15-20-9-28-22(27,21(15,8-12)17(10)25)18(26)16(20)19(3,4)6-5-14(20)24/h12-16,18,24,26-27H,1,5-9H2,2-4H3/t12-,13+,14-,15+,16-,18+,20+,21+,22?/m1/s1. The zero-order valence-electron chi connectivity index (χ0n) is 17.2. The second-order valence-electron chi connectivity index (χ2n) is 10.7. The van der Waals surface area contributed by atoms with Gasteiger partial charge >= 0.3 is 5.97 Å². The highest BCUT2D eigenvalue weighted by molar-refractivity contribution is 6.04. The van der Waals surface area contributed by atoms with Crippen molar-refractivity contribution in [3.8, 4) is 0 Å². The van der Waals surface area contributed by atoms with Gasteiger partial charge in [-0.25, -0.2) is 0 Å². The average molecular weight is 406 g/mol. The van der Waals surface area contributed by atoms with Crippen LogP contribution in [0, 0.1) is 34.0 Å². The van der Waals surface area contributed by atoms with Crippen LogP contribution in [-0.4, -0.2) is 57.8 Å². The summed E-state index contributed by atoms with van der Waals surface area (Å²) in [5.41, 5.74) is -2.46. The Morgan fingerprint density at radius 1 is 1.28 bits per heavy atom. The fraction of sp³-hybridized carbons (Fsp3) is 0.818. The minimum absolute atomic E-state index is 0.0183. The van der Waals surface area contributed by atoms with Gasteiger partial charge in [-0.15, -0.1) is 0 Å². The smallest absolute Gasteiger partial charge is 0.302 e. The van der Waals surface area contributed by atoms with Crippen LogP contribution in [0.2, 0.25) is 0 Å². The molecule has 6 fully saturated rings. The third-order valence-corrected chi connectivity index (χ3v) is 9.08. The lowest BCUT2D eigenvalue weighted by molar-refractivity contribution is -0.455. The Kier molecular flexibility index (Phi) is 3.73. The van der Waals surface area contributed by atoms with E-state index in [0.717, 1.165) is 0 Å². The van der Waals surface area contributed by atoms with Crippen molar-refractivity contribution in [3.63, 3.8) is 0 Å². The number of hydrogen-bond acceptors (Lipinski definition) is 7. The number of aliphatic hydroxyl groups excluding tert-OH is 2. The summed E-state index contributed by atoms with van der Waals surface area (Å²) >= 11 is 0. The molecule has 7 heteroatoms. The molecule has 3 N–H and O–H groups in total. The third kappa shape index (κ3) is 1.94. The van der Waals surface area contributed by atoms with E-state index in [1.165, 1.54) is 6.92 Å². The first-order valence-electron chi connectivity index (χ1n) is 10.6. The molecule has 1 unspecified atom stereocenters. The molecule has 29 heavy (non-hydrogen) atoms. The first kappa shape index (κ1) is 19.7. The van der Waals surface area contributed by atoms with Crippen LogP contribution in [-0.2, 0) is 19.1 Å². The van der Waals surface area contributed by atoms with Crippen molar-refractivity contribution in [1.29, 1.82) is 0 Å². The van der Waals surface area contributed by atoms with Crippen molar-refractivity contribution >= 4 is 11.8 Å². The molecule has 7 nitrogen and oxygen atoms in total. The predicted molar refractivity (Wildman–Crippen MR) is 100 cm³/mol. The van der Waals surface area contributed by atoms with Crippen LogP contribution >= 0.6 is 0 Å². The summed E-state index contributed by atoms with van der Waals surface area (Å²) < 4.78 is 11.6. The van der Waals surface area contributed by atoms with Crippen molar-refractivity contribution in [2.45, 2.75) is 70.6 Å². The summed E-state index contributed by atoms with van der Waals surface area (Å²) in [6.07, 6.45) is -0.914. The maximum Gasteiger partial charge on any atom is 0.302 e. The van der Waals surface area contributed by atoms with Gasteiger partial charge in [0.05, 0.1) is 18.1 Å². The van der Waals surface area contributed by atoms with E-state index >= 15 is 0 Å². The summed E-state index contributed by atoms with van der Waals surface area (Å²) in [6, 6.07) is 0. The van der Waals surface area contributed by atoms with E-state index in [-0.39, 0.29) is 18.3 Å². The summed E-state index contributed by atoms with van der Waals surface area (Å²) in [6.45, 7) is 9.36. The van der Waals surface area contributed by atoms with Gasteiger partial charge in [-0.1, -0.05) is 20.4 Å². The average Bonchev–Trinajstić information content (AvgIpc) is 2.82. The molecule has 0 aromatic carbocycles. The topological polar surface area (TPSA) is 113 Å². The quantitative estimate of drug-likeness (QED) is 0.439. The third-order valence-electron chi connectivity index (χ3n) is 9.08. The number of allylic oxidation sites excluding steroid dienone is 1. The van der Waals surface area contributed by atoms with Crippen LogP contribution in [0.1, 0.15) is 46.5 Å². The van der Waals surface area contributed by atoms with Crippen molar-refractivity contribution in [2.24, 2.45) is 34.0 Å². The number of carbonyl (C=O) groups excluding carboxylic acids is 2. The molecule has 2 heterocycles. The number of carbonyl (C=O) groups is 2. The molecular weight excluding hydrogens is 376 g/mol. The lowest BCUT2D eigenvalue weighted by atomic mass is 9.35. The number of esters is 1. The minimum atomic E-state index is -2.09. The van der Waals surface area contributed by atoms with Gasteiger partial charge in [0.2, 0.25) is 5.79 Å². The molecule has 4 aliphatic carbocycles. The molecule has 0 amide bonds. The van der Waals surface area contributed by atoms with E-state index in [0.29, 0.717) is 31.3 Å². The molecule has 160 valence electrons. The van der Waals surface area contributed by atoms with Gasteiger partial charge in [-0.3, -0.25) is 9.59 Å². The van der Waals surface area contributed by atoms with Crippen LogP contribution in [0.5, 0.6) is 0 Å². The van der Waals surface area contributed by atoms with Gasteiger partial charge in [0.25, 0.3) is 0 Å². The molecule has 6 rings (SSSR count). The highest BCUT2D eigenvalue weighted by atomic mass is 16.6. The Morgan fingerprint density at radius 2 is 1.97 bits per heavy atom. The number of ether oxygens (including phenoxy) is 2. The van der Waals surface area contributed by atoms with Crippen molar-refractivity contribution in [2.75, 3.05) is 6.61 Å². The zero-order valence-corrected chi connectivity index (χ0v) is 17.2. The first-order valence-corrected chi connectivity index (χ1v) is 10.6. The molecule has 2 spiro atoms. The highest BCUT2D eigenvalue weighted by Gasteiger charge is 2.86. The Balaban J connectivity index is 1.80. The Bertz CT molecular complexity index is 820. The molecule has 4 bridgehead atoms. The second-order valence-corrected chi connectivity index (χ2v) is 10.7. The lowest BCUT2D eigenvalue weighted by Gasteiger charge is -2.74. The molecule has 0 aromatic rings. The maximum absolute atomic E-state index is 13.6. The number of aliphatic hydroxyl groups is 3. The van der Waals surface area contributed by atoms with Crippen molar-refractivity contribution < 1.29 is 34.4 Å². The molecule has 9 atom stereocenters. The minimum Gasteiger partial charge on any atom is -0.462 e. The van der Waals surface area contributed by atoms with Gasteiger partial charge in [-0.2, -0.15) is 0 Å². The fourth-order valence-electron chi connectivity index (χ4n) is 8.17. The number of Topliss-reactive ketones (excluding diaryl/α,β-unsaturated/α-hetero) is 1. The van der Waals surface area contributed by atoms with Gasteiger partial charge < -0.3 is 24.8 Å². The maximum atomic E-state index is 13.6. The van der Waals surface area contributed by atoms with E-state index in [4.69, 9.17) is 9.47 Å². The highest BCUT2D eigenvalue weighted by Crippen LogP contribution is 2.76. The molecule has 4 saturated carbocycles. The normalized spacial score (nSPS) is 54.7. The summed E-state index contributed by atoms with van der Waals surface area (Å²) in [7, 11) is 0. The monoisotopic (exact) mass is 406 g/mol. The van der Waals surface area contributed by atoms with E-state index in [1.54, 1.807) is 0 Å². The zero-order chi connectivity index (χ0) is 21.1. The SMILES string of the molecule is C=C1C(=O)[C@]23C[C@H]1C[C@H](OC(C)=O)[C@H]2[C@@]12COC3(O)[C@@H](O)[C@@H]1C(C)(C)CC[C@H]2O. The van der Waals surface area contributed by atoms with Crippen LogP contribution < -0.4 is 0 Å². The molecule has 0 radical (unpaired) electrons. The van der Waals surface area contributed by atoms with Crippen molar-refractivity contribution in [1.82, 2.24) is 0 Å². The number of fused-ring (bicyclic) bond motifs is 2. The van der Waals surface area contributed by atoms with Gasteiger partial charge in [0, 0.05) is 24.2 Å². The largest absolute Gasteiger partial charge is 0.462 e. The van der Waals surface area contributed by atoms with E-state index < -0.39 is 58.1 Å². The Morgan fingerprint density at radius 3 is 2.62 bits per heavy atom. The number of hydrogen-bond donors (Lipinski definition) is 3. The van der Waals surface area contributed by atoms with Gasteiger partial charge in [0.1, 0.15) is 12.2 Å². The summed E-state index contributed by atoms with van der Waals surface area (Å²) in [4.78, 5) is 25.5. The fourth-order valence-corrected chi connectivity index (χ4v) is 8.17. The van der Waals surface area contributed by atoms with Gasteiger partial charge in [0.15, 0.2) is 5.78 Å². The number of rotatable bonds is 1. The molecule has 0 aromatic heterocycles. The number of ketones is 1. The van der Waals surface area contributed by atoms with Crippen molar-refractivity contribution in [3.05, 3.63) is 12.2 Å². The van der Waals surface area contributed by atoms with E-state index in [1.807, 2.05) is 13.8 Å². The summed E-state index contributed by atoms with van der Waals surface area (Å²) in [5.74, 6) is -4.25. The Hall–Kier alpha value is -1.28. The molecule has 2 aliphatic heterocycles. The molecule has 2 saturated heterocycles. The Labute approximate surface area is 170 Å². The lowest BCUT2D eigenvalue weighted by Crippen LogP contribution is -2.85. The van der Waals surface area contributed by atoms with Crippen LogP contribution in [0.3, 0.4) is 0 Å². The molecular formula is C22H30O7. The second kappa shape index (κ2) is 5.49. The van der Waals surface area contributed by atoms with E-state index in [9.17, 15) is 24.9 Å². The van der Waals surface area contributed by atoms with E-state index in [2.05, 4.69) is 6.58 Å².